The highest BCUT2D eigenvalue weighted by atomic mass is 32.2. The number of oxime groups is 1. The minimum Gasteiger partial charge on any atom is -0.410 e. The van der Waals surface area contributed by atoms with Crippen molar-refractivity contribution >= 4 is 27.6 Å². The second-order valence-corrected chi connectivity index (χ2v) is 7.77. The molecule has 8 nitrogen and oxygen atoms in total. The number of ether oxygens (including phenoxy) is 1. The van der Waals surface area contributed by atoms with Crippen LogP contribution < -0.4 is 0 Å². The van der Waals surface area contributed by atoms with Gasteiger partial charge in [0.15, 0.2) is 0 Å². The zero-order valence-electron chi connectivity index (χ0n) is 12.2. The Labute approximate surface area is 135 Å². The van der Waals surface area contributed by atoms with E-state index < -0.39 is 47.3 Å². The highest BCUT2D eigenvalue weighted by Crippen LogP contribution is 2.30. The molecule has 130 valence electrons. The van der Waals surface area contributed by atoms with Crippen LogP contribution in [0, 0.1) is 0 Å². The molecule has 0 amide bonds. The topological polar surface area (TPSA) is 140 Å². The summed E-state index contributed by atoms with van der Waals surface area (Å²) in [5, 5.41) is 50.8. The van der Waals surface area contributed by atoms with Gasteiger partial charge in [0, 0.05) is 22.8 Å². The fraction of sp³-hybridized carbons (Fsp3) is 0.917. The van der Waals surface area contributed by atoms with E-state index in [4.69, 9.17) is 15.1 Å². The first-order valence-electron chi connectivity index (χ1n) is 6.88. The molecular formula is C12H23NO7S2. The lowest BCUT2D eigenvalue weighted by atomic mass is 10.0. The predicted octanol–water partition coefficient (Wildman–Crippen LogP) is -1.14. The zero-order chi connectivity index (χ0) is 16.7. The predicted molar refractivity (Wildman–Crippen MR) is 83.4 cm³/mol. The van der Waals surface area contributed by atoms with E-state index in [1.54, 1.807) is 6.26 Å². The average Bonchev–Trinajstić information content (AvgIpc) is 2.50. The lowest BCUT2D eigenvalue weighted by Gasteiger charge is -2.39. The van der Waals surface area contributed by atoms with Crippen LogP contribution in [0.25, 0.3) is 0 Å². The Bertz CT molecular complexity index is 394. The van der Waals surface area contributed by atoms with Crippen molar-refractivity contribution in [3.63, 3.8) is 0 Å². The maximum absolute atomic E-state index is 11.0. The minimum atomic E-state index is -1.45. The van der Waals surface area contributed by atoms with Crippen molar-refractivity contribution in [2.45, 2.75) is 49.1 Å². The number of aliphatic hydroxyl groups excluding tert-OH is 4. The Morgan fingerprint density at radius 2 is 1.91 bits per heavy atom. The van der Waals surface area contributed by atoms with Crippen LogP contribution in [-0.4, -0.2) is 83.4 Å². The fourth-order valence-corrected chi connectivity index (χ4v) is 3.70. The van der Waals surface area contributed by atoms with Crippen molar-refractivity contribution in [3.8, 4) is 0 Å². The van der Waals surface area contributed by atoms with Gasteiger partial charge in [-0.25, -0.2) is 0 Å². The van der Waals surface area contributed by atoms with E-state index in [-0.39, 0.29) is 0 Å². The maximum Gasteiger partial charge on any atom is 0.138 e. The standard InChI is InChI=1S/C12H23NO7S2/c1-22(19)5-3-2-4-8(13-18)21-12-11(17)10(16)9(15)7(6-14)20-12/h7,9-12,14-18H,2-6H2,1H3/b13-8+/t7-,9+,10-,11-,12-,22+/m0/s1. The molecule has 1 saturated heterocycles. The van der Waals surface area contributed by atoms with E-state index >= 15 is 0 Å². The van der Waals surface area contributed by atoms with Crippen LogP contribution in [-0.2, 0) is 15.5 Å². The average molecular weight is 357 g/mol. The van der Waals surface area contributed by atoms with Crippen LogP contribution in [0.3, 0.4) is 0 Å². The van der Waals surface area contributed by atoms with Crippen molar-refractivity contribution < 1.29 is 34.6 Å². The third-order valence-corrected chi connectivity index (χ3v) is 5.33. The quantitative estimate of drug-likeness (QED) is 0.127. The fourth-order valence-electron chi connectivity index (χ4n) is 2.01. The van der Waals surface area contributed by atoms with Crippen molar-refractivity contribution in [3.05, 3.63) is 0 Å². The smallest absolute Gasteiger partial charge is 0.138 e. The first-order valence-corrected chi connectivity index (χ1v) is 9.49. The Balaban J connectivity index is 2.53. The van der Waals surface area contributed by atoms with Gasteiger partial charge >= 0.3 is 0 Å². The Morgan fingerprint density at radius 1 is 1.23 bits per heavy atom. The molecule has 0 aromatic rings. The molecule has 0 spiro atoms. The van der Waals surface area contributed by atoms with Gasteiger partial charge in [0.1, 0.15) is 34.9 Å². The molecule has 1 heterocycles. The molecule has 10 heteroatoms. The van der Waals surface area contributed by atoms with E-state index in [0.717, 1.165) is 11.8 Å². The van der Waals surface area contributed by atoms with Gasteiger partial charge in [0.05, 0.1) is 6.61 Å². The molecule has 0 aromatic heterocycles. The molecule has 22 heavy (non-hydrogen) atoms. The van der Waals surface area contributed by atoms with Crippen molar-refractivity contribution in [1.29, 1.82) is 0 Å². The molecule has 1 rings (SSSR count). The van der Waals surface area contributed by atoms with Crippen LogP contribution in [0.5, 0.6) is 0 Å². The SMILES string of the molecule is C[S@@](=O)CCCC/C(=N\O)S[C@@H]1O[C@@H](CO)[C@@H](O)[C@H](O)[C@@H]1O. The highest BCUT2D eigenvalue weighted by molar-refractivity contribution is 8.14. The summed E-state index contributed by atoms with van der Waals surface area (Å²) in [7, 11) is -0.871. The molecular weight excluding hydrogens is 334 g/mol. The number of unbranched alkanes of at least 4 members (excludes halogenated alkanes) is 1. The summed E-state index contributed by atoms with van der Waals surface area (Å²) in [6, 6.07) is 0. The molecule has 1 aliphatic heterocycles. The monoisotopic (exact) mass is 357 g/mol. The van der Waals surface area contributed by atoms with Crippen LogP contribution >= 0.6 is 11.8 Å². The lowest BCUT2D eigenvalue weighted by molar-refractivity contribution is -0.205. The van der Waals surface area contributed by atoms with Gasteiger partial charge in [0.2, 0.25) is 0 Å². The maximum atomic E-state index is 11.0. The molecule has 0 bridgehead atoms. The number of nitrogens with zero attached hydrogens (tertiary/aromatic N) is 1. The van der Waals surface area contributed by atoms with Gasteiger partial charge in [-0.15, -0.1) is 0 Å². The summed E-state index contributed by atoms with van der Waals surface area (Å²) in [5.41, 5.74) is -0.957. The summed E-state index contributed by atoms with van der Waals surface area (Å²) < 4.78 is 16.3. The summed E-state index contributed by atoms with van der Waals surface area (Å²) in [6.45, 7) is -0.504. The van der Waals surface area contributed by atoms with Crippen molar-refractivity contribution in [2.24, 2.45) is 5.16 Å². The lowest BCUT2D eigenvalue weighted by Crippen LogP contribution is -2.57. The first kappa shape index (κ1) is 19.8. The van der Waals surface area contributed by atoms with E-state index in [0.29, 0.717) is 30.1 Å². The third kappa shape index (κ3) is 5.76. The molecule has 0 unspecified atom stereocenters. The van der Waals surface area contributed by atoms with E-state index in [9.17, 15) is 19.5 Å². The minimum absolute atomic E-state index is 0.297. The Kier molecular flexibility index (Phi) is 8.83. The van der Waals surface area contributed by atoms with Crippen LogP contribution in [0.1, 0.15) is 19.3 Å². The van der Waals surface area contributed by atoms with Crippen LogP contribution in [0.4, 0.5) is 0 Å². The zero-order valence-corrected chi connectivity index (χ0v) is 13.9. The second-order valence-electron chi connectivity index (χ2n) is 5.04. The molecule has 0 aromatic carbocycles. The van der Waals surface area contributed by atoms with Crippen LogP contribution in [0.2, 0.25) is 0 Å². The van der Waals surface area contributed by atoms with E-state index in [1.807, 2.05) is 0 Å². The largest absolute Gasteiger partial charge is 0.410 e. The molecule has 1 aliphatic rings. The van der Waals surface area contributed by atoms with Gasteiger partial charge in [-0.3, -0.25) is 4.21 Å². The summed E-state index contributed by atoms with van der Waals surface area (Å²) in [6.07, 6.45) is -1.84. The highest BCUT2D eigenvalue weighted by Gasteiger charge is 2.44. The Hall–Kier alpha value is -0.230. The van der Waals surface area contributed by atoms with Gasteiger partial charge in [-0.1, -0.05) is 16.9 Å². The first-order chi connectivity index (χ1) is 10.4. The molecule has 1 fully saturated rings. The second kappa shape index (κ2) is 9.81. The number of thioether (sulfide) groups is 1. The Morgan fingerprint density at radius 3 is 2.45 bits per heavy atom. The molecule has 0 radical (unpaired) electrons. The molecule has 5 N–H and O–H groups in total. The molecule has 0 saturated carbocycles. The molecule has 6 atom stereocenters. The van der Waals surface area contributed by atoms with Gasteiger partial charge in [0.25, 0.3) is 0 Å². The number of hydrogen-bond donors (Lipinski definition) is 5. The summed E-state index contributed by atoms with van der Waals surface area (Å²) in [5.74, 6) is 0.559. The number of aliphatic hydroxyl groups is 4. The van der Waals surface area contributed by atoms with Gasteiger partial charge in [-0.05, 0) is 19.3 Å². The van der Waals surface area contributed by atoms with Gasteiger partial charge < -0.3 is 30.4 Å². The third-order valence-electron chi connectivity index (χ3n) is 3.28. The van der Waals surface area contributed by atoms with E-state index in [1.165, 1.54) is 0 Å². The van der Waals surface area contributed by atoms with Crippen molar-refractivity contribution in [1.82, 2.24) is 0 Å². The summed E-state index contributed by atoms with van der Waals surface area (Å²) >= 11 is 0.927. The normalized spacial score (nSPS) is 34.6. The molecule has 0 aliphatic carbocycles. The van der Waals surface area contributed by atoms with Crippen molar-refractivity contribution in [2.75, 3.05) is 18.6 Å². The van der Waals surface area contributed by atoms with Gasteiger partial charge in [-0.2, -0.15) is 0 Å². The van der Waals surface area contributed by atoms with Crippen LogP contribution in [0.15, 0.2) is 5.16 Å². The van der Waals surface area contributed by atoms with E-state index in [2.05, 4.69) is 5.16 Å². The number of hydrogen-bond acceptors (Lipinski definition) is 9. The number of rotatable bonds is 7. The summed E-state index contributed by atoms with van der Waals surface area (Å²) in [4.78, 5) is 0.